The fourth-order valence-electron chi connectivity index (χ4n) is 4.59. The third-order valence-electron chi connectivity index (χ3n) is 6.17. The molecule has 0 N–H and O–H groups in total. The summed E-state index contributed by atoms with van der Waals surface area (Å²) >= 11 is 0. The van der Waals surface area contributed by atoms with E-state index in [1.54, 1.807) is 6.20 Å². The fraction of sp³-hybridized carbons (Fsp3) is 0.500. The maximum Gasteiger partial charge on any atom is 0.416 e. The zero-order valence-electron chi connectivity index (χ0n) is 16.9. The van der Waals surface area contributed by atoms with Crippen molar-refractivity contribution in [3.8, 4) is 0 Å². The average Bonchev–Trinajstić information content (AvgIpc) is 3.36. The van der Waals surface area contributed by atoms with Gasteiger partial charge in [-0.25, -0.2) is 28.4 Å². The maximum absolute atomic E-state index is 13.1. The zero-order chi connectivity index (χ0) is 22.5. The van der Waals surface area contributed by atoms with Gasteiger partial charge in [-0.1, -0.05) is 0 Å². The van der Waals surface area contributed by atoms with Crippen LogP contribution in [0, 0.1) is 11.8 Å². The van der Waals surface area contributed by atoms with Gasteiger partial charge in [0, 0.05) is 32.4 Å². The summed E-state index contributed by atoms with van der Waals surface area (Å²) in [6.07, 6.45) is -1.92. The van der Waals surface area contributed by atoms with Crippen molar-refractivity contribution in [3.05, 3.63) is 36.3 Å². The van der Waals surface area contributed by atoms with Crippen LogP contribution < -0.4 is 9.80 Å². The number of pyridine rings is 1. The zero-order valence-corrected chi connectivity index (χ0v) is 16.9. The minimum Gasteiger partial charge on any atom is -0.356 e. The Hall–Kier alpha value is -3.05. The summed E-state index contributed by atoms with van der Waals surface area (Å²) in [6, 6.07) is 2.07. The monoisotopic (exact) mass is 453 g/mol. The molecule has 0 aliphatic carbocycles. The molecule has 12 heteroatoms. The molecule has 170 valence electrons. The van der Waals surface area contributed by atoms with Gasteiger partial charge < -0.3 is 9.80 Å². The lowest BCUT2D eigenvalue weighted by molar-refractivity contribution is -0.137. The maximum atomic E-state index is 13.1. The Kier molecular flexibility index (Phi) is 5.09. The highest BCUT2D eigenvalue weighted by Crippen LogP contribution is 2.36. The Balaban J connectivity index is 1.32. The molecule has 2 aliphatic heterocycles. The van der Waals surface area contributed by atoms with Crippen molar-refractivity contribution in [1.82, 2.24) is 24.7 Å². The highest BCUT2D eigenvalue weighted by molar-refractivity contribution is 5.71. The van der Waals surface area contributed by atoms with E-state index in [1.807, 2.05) is 4.90 Å². The number of nitrogens with zero attached hydrogens (tertiary/aromatic N) is 7. The van der Waals surface area contributed by atoms with Gasteiger partial charge in [-0.2, -0.15) is 18.3 Å². The number of halogens is 5. The van der Waals surface area contributed by atoms with Crippen LogP contribution >= 0.6 is 0 Å². The van der Waals surface area contributed by atoms with E-state index in [0.717, 1.165) is 29.8 Å². The summed E-state index contributed by atoms with van der Waals surface area (Å²) in [4.78, 5) is 16.9. The summed E-state index contributed by atoms with van der Waals surface area (Å²) in [5, 5.41) is 3.94. The van der Waals surface area contributed by atoms with Crippen LogP contribution in [0.5, 0.6) is 0 Å². The first kappa shape index (κ1) is 20.8. The first-order chi connectivity index (χ1) is 15.3. The molecule has 0 amide bonds. The number of alkyl halides is 5. The molecular weight excluding hydrogens is 433 g/mol. The van der Waals surface area contributed by atoms with E-state index in [9.17, 15) is 22.0 Å². The Morgan fingerprint density at radius 1 is 1.00 bits per heavy atom. The number of hydrogen-bond acceptors (Lipinski definition) is 6. The van der Waals surface area contributed by atoms with Gasteiger partial charge in [0.05, 0.1) is 18.0 Å². The van der Waals surface area contributed by atoms with Crippen LogP contribution in [-0.2, 0) is 12.7 Å². The number of hydrogen-bond donors (Lipinski definition) is 0. The molecule has 0 bridgehead atoms. The van der Waals surface area contributed by atoms with Gasteiger partial charge >= 0.3 is 6.18 Å². The lowest BCUT2D eigenvalue weighted by Crippen LogP contribution is -2.40. The first-order valence-corrected chi connectivity index (χ1v) is 10.3. The summed E-state index contributed by atoms with van der Waals surface area (Å²) in [5.74, 6) is 1.50. The molecule has 5 rings (SSSR count). The van der Waals surface area contributed by atoms with Gasteiger partial charge in [-0.15, -0.1) is 0 Å². The van der Waals surface area contributed by atoms with Crippen LogP contribution in [0.4, 0.5) is 33.6 Å². The fourth-order valence-corrected chi connectivity index (χ4v) is 4.59. The molecule has 0 saturated carbocycles. The van der Waals surface area contributed by atoms with E-state index in [0.29, 0.717) is 48.4 Å². The molecule has 2 aliphatic rings. The van der Waals surface area contributed by atoms with Crippen molar-refractivity contribution < 1.29 is 22.0 Å². The molecule has 2 fully saturated rings. The molecule has 7 nitrogen and oxygen atoms in total. The van der Waals surface area contributed by atoms with Crippen LogP contribution in [0.1, 0.15) is 12.0 Å². The number of anilines is 2. The van der Waals surface area contributed by atoms with E-state index >= 15 is 0 Å². The second kappa shape index (κ2) is 7.82. The molecule has 0 unspecified atom stereocenters. The summed E-state index contributed by atoms with van der Waals surface area (Å²) in [6.45, 7) is 2.05. The van der Waals surface area contributed by atoms with Crippen molar-refractivity contribution in [2.24, 2.45) is 11.8 Å². The number of fused-ring (bicyclic) bond motifs is 2. The third kappa shape index (κ3) is 3.93. The largest absolute Gasteiger partial charge is 0.416 e. The van der Waals surface area contributed by atoms with Gasteiger partial charge in [0.25, 0.3) is 6.43 Å². The molecule has 2 atom stereocenters. The second-order valence-corrected chi connectivity index (χ2v) is 8.22. The van der Waals surface area contributed by atoms with E-state index in [4.69, 9.17) is 0 Å². The lowest BCUT2D eigenvalue weighted by Gasteiger charge is -2.35. The normalized spacial score (nSPS) is 21.6. The van der Waals surface area contributed by atoms with Crippen molar-refractivity contribution in [2.45, 2.75) is 25.6 Å². The SMILES string of the molecule is FC(F)Cn1ncc2ncc(N3C[C@@H]4CCN(c5cc(C(F)(F)F)ccn5)C[C@H]4C3)nc21. The molecule has 32 heavy (non-hydrogen) atoms. The van der Waals surface area contributed by atoms with E-state index < -0.39 is 24.7 Å². The van der Waals surface area contributed by atoms with Crippen molar-refractivity contribution >= 4 is 22.8 Å². The van der Waals surface area contributed by atoms with Gasteiger partial charge in [-0.3, -0.25) is 0 Å². The van der Waals surface area contributed by atoms with Gasteiger partial charge in [0.15, 0.2) is 5.65 Å². The quantitative estimate of drug-likeness (QED) is 0.564. The molecule has 5 heterocycles. The Morgan fingerprint density at radius 3 is 2.56 bits per heavy atom. The highest BCUT2D eigenvalue weighted by Gasteiger charge is 2.39. The van der Waals surface area contributed by atoms with Gasteiger partial charge in [0.2, 0.25) is 0 Å². The molecule has 3 aromatic rings. The van der Waals surface area contributed by atoms with Crippen molar-refractivity contribution in [1.29, 1.82) is 0 Å². The topological polar surface area (TPSA) is 63.0 Å². The standard InChI is InChI=1S/C20H20F5N7/c21-16(22)11-32-19-15(6-28-32)27-7-18(29-19)31-8-12-2-4-30(9-13(12)10-31)17-5-14(1-3-26-17)20(23,24)25/h1,3,5-7,12-13,16H,2,4,8-11H2/t12-,13-/m0/s1. The predicted octanol–water partition coefficient (Wildman–Crippen LogP) is 3.47. The second-order valence-electron chi connectivity index (χ2n) is 8.22. The van der Waals surface area contributed by atoms with Crippen molar-refractivity contribution in [3.63, 3.8) is 0 Å². The molecule has 0 radical (unpaired) electrons. The molecule has 0 spiro atoms. The lowest BCUT2D eigenvalue weighted by atomic mass is 9.89. The van der Waals surface area contributed by atoms with Crippen LogP contribution in [-0.4, -0.2) is 57.3 Å². The smallest absolute Gasteiger partial charge is 0.356 e. The van der Waals surface area contributed by atoms with Crippen LogP contribution in [0.3, 0.4) is 0 Å². The molecule has 0 aromatic carbocycles. The average molecular weight is 453 g/mol. The van der Waals surface area contributed by atoms with Gasteiger partial charge in [-0.05, 0) is 30.4 Å². The summed E-state index contributed by atoms with van der Waals surface area (Å²) in [7, 11) is 0. The summed E-state index contributed by atoms with van der Waals surface area (Å²) < 4.78 is 65.9. The summed E-state index contributed by atoms with van der Waals surface area (Å²) in [5.41, 5.74) is 0.0573. The minimum absolute atomic E-state index is 0.226. The minimum atomic E-state index is -4.41. The van der Waals surface area contributed by atoms with Crippen molar-refractivity contribution in [2.75, 3.05) is 36.0 Å². The molecular formula is C20H20F5N7. The Bertz CT molecular complexity index is 1120. The predicted molar refractivity (Wildman–Crippen MR) is 107 cm³/mol. The van der Waals surface area contributed by atoms with E-state index in [1.165, 1.54) is 12.4 Å². The van der Waals surface area contributed by atoms with Crippen LogP contribution in [0.2, 0.25) is 0 Å². The number of rotatable bonds is 4. The van der Waals surface area contributed by atoms with Gasteiger partial charge in [0.1, 0.15) is 23.7 Å². The highest BCUT2D eigenvalue weighted by atomic mass is 19.4. The number of aromatic nitrogens is 5. The molecule has 2 saturated heterocycles. The van der Waals surface area contributed by atoms with E-state index in [-0.39, 0.29) is 5.92 Å². The van der Waals surface area contributed by atoms with Crippen LogP contribution in [0.25, 0.3) is 11.2 Å². The van der Waals surface area contributed by atoms with Crippen LogP contribution in [0.15, 0.2) is 30.7 Å². The number of piperidine rings is 1. The first-order valence-electron chi connectivity index (χ1n) is 10.3. The third-order valence-corrected chi connectivity index (χ3v) is 6.17. The molecule has 3 aromatic heterocycles. The van der Waals surface area contributed by atoms with E-state index in [2.05, 4.69) is 25.0 Å². The Labute approximate surface area is 179 Å². The Morgan fingerprint density at radius 2 is 1.78 bits per heavy atom.